The van der Waals surface area contributed by atoms with Crippen LogP contribution >= 0.6 is 22.9 Å². The predicted octanol–water partition coefficient (Wildman–Crippen LogP) is 3.76. The second-order valence-electron chi connectivity index (χ2n) is 5.57. The Morgan fingerprint density at radius 2 is 1.78 bits per heavy atom. The summed E-state index contributed by atoms with van der Waals surface area (Å²) >= 11 is 7.77. The highest BCUT2D eigenvalue weighted by Crippen LogP contribution is 2.29. The Hall–Kier alpha value is -2.35. The van der Waals surface area contributed by atoms with Gasteiger partial charge in [0.15, 0.2) is 4.80 Å². The highest BCUT2D eigenvalue weighted by Gasteiger charge is 2.19. The molecule has 142 valence electrons. The zero-order valence-electron chi connectivity index (χ0n) is 15.2. The van der Waals surface area contributed by atoms with Gasteiger partial charge >= 0.3 is 0 Å². The van der Waals surface area contributed by atoms with Crippen molar-refractivity contribution in [1.29, 1.82) is 0 Å². The standard InChI is InChI=1S/C19H19ClN2O4S/c1-24-11-10-22-17-12(20)6-4-9-15(17)27-19(22)21-18(23)16-13(25-2)7-5-8-14(16)26-3/h4-9H,10-11H2,1-3H3. The molecule has 6 nitrogen and oxygen atoms in total. The number of para-hydroxylation sites is 1. The summed E-state index contributed by atoms with van der Waals surface area (Å²) in [6.45, 7) is 0.992. The van der Waals surface area contributed by atoms with Crippen molar-refractivity contribution in [3.05, 3.63) is 51.8 Å². The van der Waals surface area contributed by atoms with E-state index in [0.29, 0.717) is 34.5 Å². The Morgan fingerprint density at radius 3 is 2.41 bits per heavy atom. The number of rotatable bonds is 6. The highest BCUT2D eigenvalue weighted by molar-refractivity contribution is 7.16. The van der Waals surface area contributed by atoms with Gasteiger partial charge in [-0.05, 0) is 24.3 Å². The Morgan fingerprint density at radius 1 is 1.11 bits per heavy atom. The minimum absolute atomic E-state index is 0.282. The molecule has 0 aliphatic rings. The zero-order valence-corrected chi connectivity index (χ0v) is 16.8. The van der Waals surface area contributed by atoms with Crippen molar-refractivity contribution < 1.29 is 19.0 Å². The third-order valence-electron chi connectivity index (χ3n) is 4.01. The van der Waals surface area contributed by atoms with Gasteiger partial charge in [-0.15, -0.1) is 0 Å². The molecule has 0 spiro atoms. The molecule has 0 atom stereocenters. The number of benzene rings is 2. The number of thiazole rings is 1. The zero-order chi connectivity index (χ0) is 19.4. The van der Waals surface area contributed by atoms with Crippen LogP contribution < -0.4 is 14.3 Å². The lowest BCUT2D eigenvalue weighted by Crippen LogP contribution is -2.19. The van der Waals surface area contributed by atoms with E-state index in [0.717, 1.165) is 10.2 Å². The molecule has 0 N–H and O–H groups in total. The molecular formula is C19H19ClN2O4S. The van der Waals surface area contributed by atoms with E-state index >= 15 is 0 Å². The number of hydrogen-bond donors (Lipinski definition) is 0. The number of carbonyl (C=O) groups excluding carboxylic acids is 1. The van der Waals surface area contributed by atoms with Gasteiger partial charge in [0.25, 0.3) is 5.91 Å². The quantitative estimate of drug-likeness (QED) is 0.625. The topological polar surface area (TPSA) is 62.1 Å². The summed E-state index contributed by atoms with van der Waals surface area (Å²) in [6.07, 6.45) is 0. The SMILES string of the molecule is COCCn1c(=NC(=O)c2c(OC)cccc2OC)sc2cccc(Cl)c21. The number of halogens is 1. The van der Waals surface area contributed by atoms with Gasteiger partial charge in [-0.1, -0.05) is 35.1 Å². The average Bonchev–Trinajstić information content (AvgIpc) is 3.03. The molecule has 0 radical (unpaired) electrons. The van der Waals surface area contributed by atoms with Gasteiger partial charge in [0, 0.05) is 13.7 Å². The number of fused-ring (bicyclic) bond motifs is 1. The normalized spacial score (nSPS) is 11.8. The Balaban J connectivity index is 2.19. The summed E-state index contributed by atoms with van der Waals surface area (Å²) in [7, 11) is 4.63. The van der Waals surface area contributed by atoms with Crippen molar-refractivity contribution in [3.8, 4) is 11.5 Å². The fourth-order valence-electron chi connectivity index (χ4n) is 2.77. The molecule has 0 fully saturated rings. The molecule has 0 aliphatic heterocycles. The van der Waals surface area contributed by atoms with Gasteiger partial charge in [-0.3, -0.25) is 4.79 Å². The van der Waals surface area contributed by atoms with Crippen LogP contribution in [-0.2, 0) is 11.3 Å². The fraction of sp³-hybridized carbons (Fsp3) is 0.263. The largest absolute Gasteiger partial charge is 0.496 e. The summed E-state index contributed by atoms with van der Waals surface area (Å²) in [4.78, 5) is 17.8. The van der Waals surface area contributed by atoms with E-state index in [-0.39, 0.29) is 5.56 Å². The van der Waals surface area contributed by atoms with Gasteiger partial charge < -0.3 is 18.8 Å². The van der Waals surface area contributed by atoms with E-state index in [9.17, 15) is 4.79 Å². The van der Waals surface area contributed by atoms with Crippen LogP contribution in [0, 0.1) is 0 Å². The van der Waals surface area contributed by atoms with Crippen LogP contribution in [0.5, 0.6) is 11.5 Å². The van der Waals surface area contributed by atoms with Gasteiger partial charge in [-0.25, -0.2) is 0 Å². The lowest BCUT2D eigenvalue weighted by molar-refractivity contribution is 0.0991. The van der Waals surface area contributed by atoms with E-state index in [1.54, 1.807) is 25.3 Å². The van der Waals surface area contributed by atoms with E-state index in [2.05, 4.69) is 4.99 Å². The monoisotopic (exact) mass is 406 g/mol. The van der Waals surface area contributed by atoms with Gasteiger partial charge in [0.05, 0.1) is 36.1 Å². The van der Waals surface area contributed by atoms with Crippen molar-refractivity contribution in [3.63, 3.8) is 0 Å². The van der Waals surface area contributed by atoms with E-state index in [1.807, 2.05) is 22.8 Å². The number of ether oxygens (including phenoxy) is 3. The molecule has 0 unspecified atom stereocenters. The first-order valence-corrected chi connectivity index (χ1v) is 9.37. The maximum Gasteiger partial charge on any atom is 0.287 e. The molecular weight excluding hydrogens is 388 g/mol. The molecule has 8 heteroatoms. The van der Waals surface area contributed by atoms with Crippen LogP contribution in [0.1, 0.15) is 10.4 Å². The van der Waals surface area contributed by atoms with E-state index in [1.165, 1.54) is 25.6 Å². The van der Waals surface area contributed by atoms with Crippen molar-refractivity contribution in [1.82, 2.24) is 4.57 Å². The first-order chi connectivity index (χ1) is 13.1. The molecule has 3 aromatic rings. The van der Waals surface area contributed by atoms with Crippen LogP contribution in [0.2, 0.25) is 5.02 Å². The summed E-state index contributed by atoms with van der Waals surface area (Å²) in [5.41, 5.74) is 1.11. The van der Waals surface area contributed by atoms with Gasteiger partial charge in [0.1, 0.15) is 17.1 Å². The maximum absolute atomic E-state index is 13.0. The average molecular weight is 407 g/mol. The molecule has 1 aromatic heterocycles. The molecule has 0 bridgehead atoms. The highest BCUT2D eigenvalue weighted by atomic mass is 35.5. The van der Waals surface area contributed by atoms with E-state index in [4.69, 9.17) is 25.8 Å². The molecule has 0 saturated carbocycles. The summed E-state index contributed by atoms with van der Waals surface area (Å²) in [5, 5.41) is 0.601. The Bertz CT molecular complexity index is 1020. The van der Waals surface area contributed by atoms with Crippen molar-refractivity contribution >= 4 is 39.1 Å². The van der Waals surface area contributed by atoms with Crippen LogP contribution in [0.3, 0.4) is 0 Å². The Kier molecular flexibility index (Phi) is 6.15. The van der Waals surface area contributed by atoms with Crippen LogP contribution in [0.15, 0.2) is 41.4 Å². The predicted molar refractivity (Wildman–Crippen MR) is 106 cm³/mol. The smallest absolute Gasteiger partial charge is 0.287 e. The number of carbonyl (C=O) groups is 1. The third-order valence-corrected chi connectivity index (χ3v) is 5.36. The minimum atomic E-state index is -0.446. The summed E-state index contributed by atoms with van der Waals surface area (Å²) < 4.78 is 18.7. The third kappa shape index (κ3) is 3.85. The molecule has 27 heavy (non-hydrogen) atoms. The van der Waals surface area contributed by atoms with Crippen LogP contribution in [-0.4, -0.2) is 38.4 Å². The lowest BCUT2D eigenvalue weighted by Gasteiger charge is -2.10. The first-order valence-electron chi connectivity index (χ1n) is 8.17. The van der Waals surface area contributed by atoms with Gasteiger partial charge in [0.2, 0.25) is 0 Å². The maximum atomic E-state index is 13.0. The molecule has 0 saturated heterocycles. The number of nitrogens with zero attached hydrogens (tertiary/aromatic N) is 2. The summed E-state index contributed by atoms with van der Waals surface area (Å²) in [6, 6.07) is 10.8. The lowest BCUT2D eigenvalue weighted by atomic mass is 10.1. The molecule has 1 amide bonds. The van der Waals surface area contributed by atoms with Crippen molar-refractivity contribution in [2.45, 2.75) is 6.54 Å². The Labute approximate surface area is 165 Å². The minimum Gasteiger partial charge on any atom is -0.496 e. The molecule has 3 rings (SSSR count). The molecule has 2 aromatic carbocycles. The van der Waals surface area contributed by atoms with Crippen molar-refractivity contribution in [2.75, 3.05) is 27.9 Å². The number of methoxy groups -OCH3 is 3. The number of amides is 1. The second kappa shape index (κ2) is 8.56. The summed E-state index contributed by atoms with van der Waals surface area (Å²) in [5.74, 6) is 0.370. The number of aromatic nitrogens is 1. The fourth-order valence-corrected chi connectivity index (χ4v) is 4.18. The molecule has 1 heterocycles. The molecule has 0 aliphatic carbocycles. The number of hydrogen-bond acceptors (Lipinski definition) is 5. The van der Waals surface area contributed by atoms with Crippen LogP contribution in [0.4, 0.5) is 0 Å². The van der Waals surface area contributed by atoms with Gasteiger partial charge in [-0.2, -0.15) is 4.99 Å². The van der Waals surface area contributed by atoms with Crippen LogP contribution in [0.25, 0.3) is 10.2 Å². The first kappa shape index (κ1) is 19.4. The van der Waals surface area contributed by atoms with E-state index < -0.39 is 5.91 Å². The second-order valence-corrected chi connectivity index (χ2v) is 6.99. The van der Waals surface area contributed by atoms with Crippen molar-refractivity contribution in [2.24, 2.45) is 4.99 Å².